The van der Waals surface area contributed by atoms with Gasteiger partial charge < -0.3 is 25.1 Å². The molecule has 126 valence electrons. The number of hydrogen-bond donors (Lipinski definition) is 2. The second kappa shape index (κ2) is 6.70. The lowest BCUT2D eigenvalue weighted by Gasteiger charge is -2.18. The molecule has 6 nitrogen and oxygen atoms in total. The molecule has 2 aromatic rings. The van der Waals surface area contributed by atoms with Gasteiger partial charge in [-0.05, 0) is 42.3 Å². The Kier molecular flexibility index (Phi) is 4.46. The highest BCUT2D eigenvalue weighted by atomic mass is 16.7. The quantitative estimate of drug-likeness (QED) is 0.791. The van der Waals surface area contributed by atoms with E-state index in [-0.39, 0.29) is 6.79 Å². The average molecular weight is 329 g/mol. The first-order valence-electron chi connectivity index (χ1n) is 7.76. The molecule has 1 unspecified atom stereocenters. The van der Waals surface area contributed by atoms with Gasteiger partial charge in [0.15, 0.2) is 11.5 Å². The minimum absolute atomic E-state index is 0.135. The van der Waals surface area contributed by atoms with Crippen molar-refractivity contribution in [3.8, 4) is 17.2 Å². The van der Waals surface area contributed by atoms with Crippen molar-refractivity contribution in [2.24, 2.45) is 0 Å². The largest absolute Gasteiger partial charge is 0.478 e. The summed E-state index contributed by atoms with van der Waals surface area (Å²) < 4.78 is 16.4. The summed E-state index contributed by atoms with van der Waals surface area (Å²) in [6.07, 6.45) is 0.522. The van der Waals surface area contributed by atoms with Crippen LogP contribution in [0.5, 0.6) is 17.2 Å². The first-order valence-corrected chi connectivity index (χ1v) is 7.76. The zero-order valence-corrected chi connectivity index (χ0v) is 13.3. The standard InChI is InChI=1S/C18H19NO5/c1-2-3-11-8-13(19)5-7-14(11)24-17(18(20)21)12-4-6-15-16(9-12)23-10-22-15/h4-9,17H,2-3,10,19H2,1H3,(H,20,21). The first-order chi connectivity index (χ1) is 11.6. The lowest BCUT2D eigenvalue weighted by Crippen LogP contribution is -2.19. The number of aryl methyl sites for hydroxylation is 1. The monoisotopic (exact) mass is 329 g/mol. The van der Waals surface area contributed by atoms with E-state index in [2.05, 4.69) is 0 Å². The number of ether oxygens (including phenoxy) is 3. The van der Waals surface area contributed by atoms with Gasteiger partial charge in [0, 0.05) is 11.3 Å². The van der Waals surface area contributed by atoms with E-state index in [1.807, 2.05) is 13.0 Å². The molecule has 0 fully saturated rings. The van der Waals surface area contributed by atoms with Crippen LogP contribution in [0.2, 0.25) is 0 Å². The second-order valence-corrected chi connectivity index (χ2v) is 5.57. The maximum atomic E-state index is 11.7. The number of carbonyl (C=O) groups is 1. The molecule has 0 aliphatic carbocycles. The minimum Gasteiger partial charge on any atom is -0.478 e. The third kappa shape index (κ3) is 3.22. The molecule has 0 saturated heterocycles. The van der Waals surface area contributed by atoms with E-state index in [1.54, 1.807) is 30.3 Å². The van der Waals surface area contributed by atoms with Crippen LogP contribution in [0.1, 0.15) is 30.6 Å². The van der Waals surface area contributed by atoms with Gasteiger partial charge in [0.25, 0.3) is 0 Å². The van der Waals surface area contributed by atoms with Crippen LogP contribution in [0.3, 0.4) is 0 Å². The maximum Gasteiger partial charge on any atom is 0.349 e. The van der Waals surface area contributed by atoms with Crippen molar-refractivity contribution in [3.63, 3.8) is 0 Å². The molecular formula is C18H19NO5. The van der Waals surface area contributed by atoms with Crippen LogP contribution in [0.15, 0.2) is 36.4 Å². The van der Waals surface area contributed by atoms with Crippen molar-refractivity contribution < 1.29 is 24.1 Å². The molecule has 1 heterocycles. The summed E-state index contributed by atoms with van der Waals surface area (Å²) in [6.45, 7) is 2.18. The van der Waals surface area contributed by atoms with Crippen molar-refractivity contribution in [2.45, 2.75) is 25.9 Å². The Balaban J connectivity index is 1.91. The molecule has 1 aliphatic rings. The molecule has 0 aromatic heterocycles. The number of hydrogen-bond acceptors (Lipinski definition) is 5. The number of carboxylic acid groups (broad SMARTS) is 1. The highest BCUT2D eigenvalue weighted by Crippen LogP contribution is 2.36. The fourth-order valence-corrected chi connectivity index (χ4v) is 2.64. The summed E-state index contributed by atoms with van der Waals surface area (Å²) >= 11 is 0. The molecule has 0 bridgehead atoms. The van der Waals surface area contributed by atoms with E-state index in [1.165, 1.54) is 0 Å². The van der Waals surface area contributed by atoms with Crippen LogP contribution in [-0.2, 0) is 11.2 Å². The molecule has 0 saturated carbocycles. The molecule has 3 N–H and O–H groups in total. The first kappa shape index (κ1) is 16.0. The van der Waals surface area contributed by atoms with E-state index in [9.17, 15) is 9.90 Å². The van der Waals surface area contributed by atoms with E-state index < -0.39 is 12.1 Å². The van der Waals surface area contributed by atoms with Gasteiger partial charge in [-0.25, -0.2) is 4.79 Å². The fraction of sp³-hybridized carbons (Fsp3) is 0.278. The van der Waals surface area contributed by atoms with Crippen molar-refractivity contribution in [3.05, 3.63) is 47.5 Å². The van der Waals surface area contributed by atoms with Gasteiger partial charge in [-0.2, -0.15) is 0 Å². The Morgan fingerprint density at radius 2 is 2.04 bits per heavy atom. The zero-order valence-electron chi connectivity index (χ0n) is 13.3. The summed E-state index contributed by atoms with van der Waals surface area (Å²) in [7, 11) is 0. The molecule has 2 aromatic carbocycles. The number of nitrogen functional groups attached to an aromatic ring is 1. The SMILES string of the molecule is CCCc1cc(N)ccc1OC(C(=O)O)c1ccc2c(c1)OCO2. The Morgan fingerprint density at radius 1 is 1.25 bits per heavy atom. The van der Waals surface area contributed by atoms with Crippen LogP contribution in [0.25, 0.3) is 0 Å². The summed E-state index contributed by atoms with van der Waals surface area (Å²) in [4.78, 5) is 11.7. The van der Waals surface area contributed by atoms with Crippen molar-refractivity contribution in [2.75, 3.05) is 12.5 Å². The van der Waals surface area contributed by atoms with Crippen LogP contribution in [0.4, 0.5) is 5.69 Å². The Labute approximate surface area is 139 Å². The van der Waals surface area contributed by atoms with E-state index in [0.29, 0.717) is 28.5 Å². The predicted octanol–water partition coefficient (Wildman–Crippen LogP) is 3.15. The Morgan fingerprint density at radius 3 is 2.79 bits per heavy atom. The number of rotatable bonds is 6. The van der Waals surface area contributed by atoms with Gasteiger partial charge in [0.2, 0.25) is 12.9 Å². The van der Waals surface area contributed by atoms with Gasteiger partial charge in [-0.1, -0.05) is 19.4 Å². The van der Waals surface area contributed by atoms with E-state index in [0.717, 1.165) is 18.4 Å². The van der Waals surface area contributed by atoms with Crippen molar-refractivity contribution in [1.82, 2.24) is 0 Å². The smallest absolute Gasteiger partial charge is 0.349 e. The van der Waals surface area contributed by atoms with E-state index >= 15 is 0 Å². The third-order valence-electron chi connectivity index (χ3n) is 3.77. The highest BCUT2D eigenvalue weighted by molar-refractivity contribution is 5.75. The maximum absolute atomic E-state index is 11.7. The minimum atomic E-state index is -1.14. The molecule has 3 rings (SSSR count). The number of aliphatic carboxylic acids is 1. The summed E-state index contributed by atoms with van der Waals surface area (Å²) in [6, 6.07) is 10.2. The third-order valence-corrected chi connectivity index (χ3v) is 3.77. The predicted molar refractivity (Wildman–Crippen MR) is 88.4 cm³/mol. The van der Waals surface area contributed by atoms with Crippen LogP contribution < -0.4 is 19.9 Å². The molecule has 0 amide bonds. The van der Waals surface area contributed by atoms with Gasteiger partial charge in [-0.3, -0.25) is 0 Å². The molecular weight excluding hydrogens is 310 g/mol. The van der Waals surface area contributed by atoms with E-state index in [4.69, 9.17) is 19.9 Å². The number of nitrogens with two attached hydrogens (primary N) is 1. The summed E-state index contributed by atoms with van der Waals surface area (Å²) in [5.41, 5.74) is 7.83. The van der Waals surface area contributed by atoms with Gasteiger partial charge >= 0.3 is 5.97 Å². The topological polar surface area (TPSA) is 91.0 Å². The molecule has 24 heavy (non-hydrogen) atoms. The zero-order chi connectivity index (χ0) is 17.1. The number of anilines is 1. The second-order valence-electron chi connectivity index (χ2n) is 5.57. The summed E-state index contributed by atoms with van der Waals surface area (Å²) in [5, 5.41) is 9.59. The number of carboxylic acids is 1. The summed E-state index contributed by atoms with van der Waals surface area (Å²) in [5.74, 6) is 0.569. The number of fused-ring (bicyclic) bond motifs is 1. The fourth-order valence-electron chi connectivity index (χ4n) is 2.64. The highest BCUT2D eigenvalue weighted by Gasteiger charge is 2.25. The van der Waals surface area contributed by atoms with Gasteiger partial charge in [0.1, 0.15) is 5.75 Å². The van der Waals surface area contributed by atoms with Crippen LogP contribution in [-0.4, -0.2) is 17.9 Å². The van der Waals surface area contributed by atoms with Gasteiger partial charge in [-0.15, -0.1) is 0 Å². The van der Waals surface area contributed by atoms with Crippen LogP contribution in [0, 0.1) is 0 Å². The van der Waals surface area contributed by atoms with Crippen molar-refractivity contribution in [1.29, 1.82) is 0 Å². The lowest BCUT2D eigenvalue weighted by atomic mass is 10.1. The molecule has 6 heteroatoms. The van der Waals surface area contributed by atoms with Crippen LogP contribution >= 0.6 is 0 Å². The Bertz CT molecular complexity index is 759. The molecule has 1 atom stereocenters. The lowest BCUT2D eigenvalue weighted by molar-refractivity contribution is -0.145. The molecule has 1 aliphatic heterocycles. The Hall–Kier alpha value is -2.89. The normalized spacial score (nSPS) is 13.5. The number of benzene rings is 2. The average Bonchev–Trinajstić information content (AvgIpc) is 3.01. The molecule has 0 radical (unpaired) electrons. The molecule has 0 spiro atoms. The van der Waals surface area contributed by atoms with Crippen molar-refractivity contribution >= 4 is 11.7 Å². The van der Waals surface area contributed by atoms with Gasteiger partial charge in [0.05, 0.1) is 0 Å².